The number of nitrogens with two attached hydrogens (primary N) is 2. The Morgan fingerprint density at radius 2 is 1.70 bits per heavy atom. The third-order valence-electron chi connectivity index (χ3n) is 1.87. The van der Waals surface area contributed by atoms with Crippen molar-refractivity contribution in [2.75, 3.05) is 6.61 Å². The number of hydrogen-bond donors (Lipinski definition) is 8. The van der Waals surface area contributed by atoms with Crippen molar-refractivity contribution in [3.63, 3.8) is 0 Å². The molecule has 4 amide bonds. The number of aliphatic hydroxyl groups excluding tert-OH is 4. The van der Waals surface area contributed by atoms with E-state index in [1.165, 1.54) is 0 Å². The van der Waals surface area contributed by atoms with Crippen LogP contribution in [0.25, 0.3) is 0 Å². The zero-order valence-corrected chi connectivity index (χ0v) is 10.2. The zero-order chi connectivity index (χ0) is 15.7. The first-order valence-corrected chi connectivity index (χ1v) is 5.16. The maximum Gasteiger partial charge on any atom is 0.332 e. The lowest BCUT2D eigenvalue weighted by molar-refractivity contribution is -0.0549. The van der Waals surface area contributed by atoms with Crippen molar-refractivity contribution < 1.29 is 30.0 Å². The standard InChI is InChI=1S/C8H16N6O6/c9-7(19)13-11-1-3(12-14-8(10)20)5(17)6(18)4(16)2-15/h1,4-6,15-18H,2H2,(H3,9,13,19)(H3,10,14,20)/b11-1+,12-3-/t4-,5-,6-/m1/s1. The molecule has 0 aliphatic heterocycles. The summed E-state index contributed by atoms with van der Waals surface area (Å²) in [6.45, 7) is -0.828. The zero-order valence-electron chi connectivity index (χ0n) is 10.2. The molecule has 0 spiro atoms. The summed E-state index contributed by atoms with van der Waals surface area (Å²) in [4.78, 5) is 20.9. The van der Waals surface area contributed by atoms with Crippen molar-refractivity contribution in [2.45, 2.75) is 18.3 Å². The largest absolute Gasteiger partial charge is 0.394 e. The second-order valence-electron chi connectivity index (χ2n) is 3.43. The van der Waals surface area contributed by atoms with E-state index in [0.29, 0.717) is 0 Å². The number of hydrazone groups is 2. The molecule has 10 N–H and O–H groups in total. The first kappa shape index (κ1) is 17.7. The van der Waals surface area contributed by atoms with Crippen LogP contribution < -0.4 is 22.3 Å². The van der Waals surface area contributed by atoms with E-state index in [2.05, 4.69) is 10.2 Å². The molecule has 0 aromatic heterocycles. The van der Waals surface area contributed by atoms with Gasteiger partial charge in [0.1, 0.15) is 24.0 Å². The first-order valence-electron chi connectivity index (χ1n) is 5.16. The molecule has 20 heavy (non-hydrogen) atoms. The minimum absolute atomic E-state index is 0.461. The fraction of sp³-hybridized carbons (Fsp3) is 0.500. The lowest BCUT2D eigenvalue weighted by Crippen LogP contribution is -2.45. The molecule has 0 radical (unpaired) electrons. The van der Waals surface area contributed by atoms with E-state index >= 15 is 0 Å². The Morgan fingerprint density at radius 3 is 2.15 bits per heavy atom. The van der Waals surface area contributed by atoms with Crippen molar-refractivity contribution in [1.82, 2.24) is 10.9 Å². The minimum atomic E-state index is -1.83. The lowest BCUT2D eigenvalue weighted by atomic mass is 10.0. The number of nitrogens with zero attached hydrogens (tertiary/aromatic N) is 2. The Kier molecular flexibility index (Phi) is 7.76. The Morgan fingerprint density at radius 1 is 1.15 bits per heavy atom. The summed E-state index contributed by atoms with van der Waals surface area (Å²) in [7, 11) is 0. The van der Waals surface area contributed by atoms with Crippen LogP contribution in [0, 0.1) is 0 Å². The van der Waals surface area contributed by atoms with Gasteiger partial charge in [-0.25, -0.2) is 20.4 Å². The highest BCUT2D eigenvalue weighted by molar-refractivity contribution is 6.32. The molecule has 114 valence electrons. The van der Waals surface area contributed by atoms with Gasteiger partial charge in [0.05, 0.1) is 12.8 Å². The summed E-state index contributed by atoms with van der Waals surface area (Å²) in [6, 6.07) is -2.07. The number of urea groups is 2. The highest BCUT2D eigenvalue weighted by Gasteiger charge is 2.28. The number of primary amides is 2. The predicted octanol–water partition coefficient (Wildman–Crippen LogP) is -4.26. The molecule has 0 fully saturated rings. The molecule has 0 aromatic rings. The molecule has 0 aliphatic carbocycles. The average molecular weight is 292 g/mol. The Labute approximate surface area is 112 Å². The topological polar surface area (TPSA) is 216 Å². The van der Waals surface area contributed by atoms with Crippen LogP contribution in [-0.2, 0) is 0 Å². The van der Waals surface area contributed by atoms with E-state index in [1.54, 1.807) is 10.9 Å². The first-order chi connectivity index (χ1) is 9.29. The molecule has 0 aliphatic rings. The van der Waals surface area contributed by atoms with Gasteiger partial charge in [0.2, 0.25) is 0 Å². The van der Waals surface area contributed by atoms with E-state index in [4.69, 9.17) is 16.6 Å². The summed E-state index contributed by atoms with van der Waals surface area (Å²) in [5.74, 6) is 0. The number of carbonyl (C=O) groups excluding carboxylic acids is 2. The smallest absolute Gasteiger partial charge is 0.332 e. The van der Waals surface area contributed by atoms with Crippen LogP contribution in [0.1, 0.15) is 0 Å². The molecule has 0 bridgehead atoms. The Hall–Kier alpha value is -2.28. The van der Waals surface area contributed by atoms with Gasteiger partial charge < -0.3 is 31.9 Å². The van der Waals surface area contributed by atoms with E-state index in [9.17, 15) is 24.9 Å². The van der Waals surface area contributed by atoms with Crippen molar-refractivity contribution in [3.05, 3.63) is 0 Å². The van der Waals surface area contributed by atoms with Gasteiger partial charge in [-0.3, -0.25) is 0 Å². The minimum Gasteiger partial charge on any atom is -0.394 e. The summed E-state index contributed by atoms with van der Waals surface area (Å²) in [5.41, 5.74) is 12.6. The molecule has 0 rings (SSSR count). The van der Waals surface area contributed by atoms with Crippen LogP contribution in [0.2, 0.25) is 0 Å². The maximum absolute atomic E-state index is 10.5. The van der Waals surface area contributed by atoms with Gasteiger partial charge in [-0.2, -0.15) is 10.2 Å². The number of carbonyl (C=O) groups is 2. The molecule has 12 heteroatoms. The number of rotatable bonds is 7. The van der Waals surface area contributed by atoms with Crippen LogP contribution >= 0.6 is 0 Å². The van der Waals surface area contributed by atoms with Crippen molar-refractivity contribution in [1.29, 1.82) is 0 Å². The fourth-order valence-electron chi connectivity index (χ4n) is 0.946. The van der Waals surface area contributed by atoms with E-state index in [1.807, 2.05) is 0 Å². The fourth-order valence-corrected chi connectivity index (χ4v) is 0.946. The molecule has 3 atom stereocenters. The quantitative estimate of drug-likeness (QED) is 0.171. The number of amides is 4. The monoisotopic (exact) mass is 292 g/mol. The highest BCUT2D eigenvalue weighted by Crippen LogP contribution is 2.01. The Balaban J connectivity index is 5.00. The van der Waals surface area contributed by atoms with Crippen LogP contribution in [0.5, 0.6) is 0 Å². The predicted molar refractivity (Wildman–Crippen MR) is 66.5 cm³/mol. The van der Waals surface area contributed by atoms with Crippen LogP contribution in [0.15, 0.2) is 10.2 Å². The normalized spacial score (nSPS) is 16.5. The van der Waals surface area contributed by atoms with E-state index in [-0.39, 0.29) is 0 Å². The van der Waals surface area contributed by atoms with Crippen LogP contribution in [0.4, 0.5) is 9.59 Å². The van der Waals surface area contributed by atoms with Gasteiger partial charge in [0.25, 0.3) is 0 Å². The molecule has 12 nitrogen and oxygen atoms in total. The van der Waals surface area contributed by atoms with Crippen molar-refractivity contribution in [2.24, 2.45) is 21.7 Å². The van der Waals surface area contributed by atoms with Gasteiger partial charge in [0, 0.05) is 0 Å². The summed E-state index contributed by atoms with van der Waals surface area (Å²) < 4.78 is 0. The Bertz CT molecular complexity index is 399. The summed E-state index contributed by atoms with van der Waals surface area (Å²) >= 11 is 0. The van der Waals surface area contributed by atoms with Gasteiger partial charge in [-0.15, -0.1) is 0 Å². The van der Waals surface area contributed by atoms with Crippen molar-refractivity contribution in [3.8, 4) is 0 Å². The molecule has 0 saturated carbocycles. The number of nitrogens with one attached hydrogen (secondary N) is 2. The summed E-state index contributed by atoms with van der Waals surface area (Å²) in [5, 5.41) is 43.5. The second kappa shape index (κ2) is 8.76. The summed E-state index contributed by atoms with van der Waals surface area (Å²) in [6.07, 6.45) is -4.57. The van der Waals surface area contributed by atoms with Crippen LogP contribution in [-0.4, -0.2) is 69.3 Å². The highest BCUT2D eigenvalue weighted by atomic mass is 16.4. The SMILES string of the molecule is NC(=O)N/N=C(/C=N/NC(N)=O)[C@@H](O)[C@H](O)[C@H](O)CO. The van der Waals surface area contributed by atoms with E-state index < -0.39 is 42.7 Å². The number of aliphatic hydroxyl groups is 4. The maximum atomic E-state index is 10.5. The number of hydrogen-bond acceptors (Lipinski definition) is 8. The van der Waals surface area contributed by atoms with Gasteiger partial charge in [0.15, 0.2) is 0 Å². The van der Waals surface area contributed by atoms with Crippen molar-refractivity contribution >= 4 is 24.0 Å². The average Bonchev–Trinajstić information content (AvgIpc) is 2.39. The third kappa shape index (κ3) is 6.60. The lowest BCUT2D eigenvalue weighted by Gasteiger charge is -2.21. The van der Waals surface area contributed by atoms with Gasteiger partial charge >= 0.3 is 12.1 Å². The van der Waals surface area contributed by atoms with E-state index in [0.717, 1.165) is 6.21 Å². The second-order valence-corrected chi connectivity index (χ2v) is 3.43. The third-order valence-corrected chi connectivity index (χ3v) is 1.87. The molecule has 0 heterocycles. The van der Waals surface area contributed by atoms with Gasteiger partial charge in [-0.1, -0.05) is 0 Å². The molecule has 0 unspecified atom stereocenters. The molecule has 0 aromatic carbocycles. The molecule has 0 saturated heterocycles. The molecular formula is C8H16N6O6. The van der Waals surface area contributed by atoms with Crippen LogP contribution in [0.3, 0.4) is 0 Å². The molecular weight excluding hydrogens is 276 g/mol. The van der Waals surface area contributed by atoms with Gasteiger partial charge in [-0.05, 0) is 0 Å².